The van der Waals surface area contributed by atoms with Crippen LogP contribution in [0.25, 0.3) is 0 Å². The van der Waals surface area contributed by atoms with E-state index in [1.807, 2.05) is 13.0 Å². The lowest BCUT2D eigenvalue weighted by atomic mass is 10.1. The van der Waals surface area contributed by atoms with E-state index in [2.05, 4.69) is 16.6 Å². The molecule has 1 aromatic carbocycles. The first kappa shape index (κ1) is 17.5. The van der Waals surface area contributed by atoms with Crippen LogP contribution in [0.5, 0.6) is 0 Å². The highest BCUT2D eigenvalue weighted by atomic mass is 32.2. The highest BCUT2D eigenvalue weighted by molar-refractivity contribution is 7.90. The Hall–Kier alpha value is -1.55. The van der Waals surface area contributed by atoms with Crippen molar-refractivity contribution >= 4 is 15.9 Å². The van der Waals surface area contributed by atoms with Crippen molar-refractivity contribution < 1.29 is 13.5 Å². The van der Waals surface area contributed by atoms with Crippen LogP contribution < -0.4 is 4.72 Å². The molecule has 0 radical (unpaired) electrons. The van der Waals surface area contributed by atoms with E-state index in [1.165, 1.54) is 4.31 Å². The minimum atomic E-state index is -3.54. The highest BCUT2D eigenvalue weighted by Crippen LogP contribution is 2.17. The average molecular weight is 310 g/mol. The van der Waals surface area contributed by atoms with Crippen LogP contribution in [-0.2, 0) is 10.2 Å². The fourth-order valence-electron chi connectivity index (χ4n) is 1.81. The average Bonchev–Trinajstić information content (AvgIpc) is 2.43. The van der Waals surface area contributed by atoms with Gasteiger partial charge in [-0.3, -0.25) is 4.72 Å². The first-order valence-electron chi connectivity index (χ1n) is 6.92. The van der Waals surface area contributed by atoms with Gasteiger partial charge in [-0.25, -0.2) is 0 Å². The number of benzene rings is 1. The quantitative estimate of drug-likeness (QED) is 0.786. The molecule has 0 fully saturated rings. The van der Waals surface area contributed by atoms with Gasteiger partial charge in [0, 0.05) is 25.1 Å². The van der Waals surface area contributed by atoms with Gasteiger partial charge in [0.2, 0.25) is 0 Å². The number of aliphatic hydroxyl groups is 1. The van der Waals surface area contributed by atoms with E-state index in [4.69, 9.17) is 5.11 Å². The van der Waals surface area contributed by atoms with Gasteiger partial charge in [-0.1, -0.05) is 31.8 Å². The Bertz CT molecular complexity index is 626. The minimum Gasteiger partial charge on any atom is -0.395 e. The number of anilines is 1. The molecule has 0 saturated heterocycles. The maximum absolute atomic E-state index is 12.2. The van der Waals surface area contributed by atoms with Gasteiger partial charge in [-0.15, -0.1) is 0 Å². The number of rotatable bonds is 6. The van der Waals surface area contributed by atoms with Crippen LogP contribution in [0.1, 0.15) is 31.4 Å². The second-order valence-electron chi connectivity index (χ2n) is 4.50. The lowest BCUT2D eigenvalue weighted by Crippen LogP contribution is -2.35. The fraction of sp³-hybridized carbons (Fsp3) is 0.467. The second-order valence-corrected chi connectivity index (χ2v) is 6.17. The molecule has 6 heteroatoms. The summed E-state index contributed by atoms with van der Waals surface area (Å²) in [6.45, 7) is 6.35. The van der Waals surface area contributed by atoms with Crippen molar-refractivity contribution in [3.63, 3.8) is 0 Å². The highest BCUT2D eigenvalue weighted by Gasteiger charge is 2.18. The van der Waals surface area contributed by atoms with Crippen molar-refractivity contribution in [1.82, 2.24) is 4.31 Å². The van der Waals surface area contributed by atoms with Crippen LogP contribution in [0, 0.1) is 18.8 Å². The van der Waals surface area contributed by atoms with Crippen molar-refractivity contribution in [2.24, 2.45) is 0 Å². The molecule has 0 aromatic heterocycles. The third kappa shape index (κ3) is 5.05. The number of aryl methyl sites for hydroxylation is 1. The van der Waals surface area contributed by atoms with E-state index in [1.54, 1.807) is 26.0 Å². The van der Waals surface area contributed by atoms with Gasteiger partial charge in [0.25, 0.3) is 0 Å². The Morgan fingerprint density at radius 1 is 1.29 bits per heavy atom. The summed E-state index contributed by atoms with van der Waals surface area (Å²) >= 11 is 0. The smallest absolute Gasteiger partial charge is 0.301 e. The number of nitrogens with zero attached hydrogens (tertiary/aromatic N) is 1. The summed E-state index contributed by atoms with van der Waals surface area (Å²) in [6.07, 6.45) is 0.398. The number of hydrogen-bond acceptors (Lipinski definition) is 3. The third-order valence-corrected chi connectivity index (χ3v) is 4.68. The monoisotopic (exact) mass is 310 g/mol. The molecule has 0 saturated carbocycles. The fourth-order valence-corrected chi connectivity index (χ4v) is 3.04. The van der Waals surface area contributed by atoms with Gasteiger partial charge in [0.1, 0.15) is 0 Å². The van der Waals surface area contributed by atoms with Crippen molar-refractivity contribution in [3.8, 4) is 11.8 Å². The first-order chi connectivity index (χ1) is 9.94. The molecule has 5 nitrogen and oxygen atoms in total. The predicted octanol–water partition coefficient (Wildman–Crippen LogP) is 1.73. The number of nitrogens with one attached hydrogen (secondary N) is 1. The molecule has 0 amide bonds. The molecule has 21 heavy (non-hydrogen) atoms. The van der Waals surface area contributed by atoms with Gasteiger partial charge < -0.3 is 5.11 Å². The Morgan fingerprint density at radius 3 is 2.52 bits per heavy atom. The second kappa shape index (κ2) is 8.03. The molecule has 0 aliphatic heterocycles. The lowest BCUT2D eigenvalue weighted by molar-refractivity contribution is 0.305. The van der Waals surface area contributed by atoms with Crippen LogP contribution in [0.15, 0.2) is 18.2 Å². The van der Waals surface area contributed by atoms with Gasteiger partial charge in [0.05, 0.1) is 12.3 Å². The molecule has 0 atom stereocenters. The molecule has 0 aliphatic carbocycles. The normalized spacial score (nSPS) is 11.1. The number of aliphatic hydroxyl groups excluding tert-OH is 1. The van der Waals surface area contributed by atoms with Crippen molar-refractivity contribution in [1.29, 1.82) is 0 Å². The molecule has 0 unspecified atom stereocenters. The van der Waals surface area contributed by atoms with Gasteiger partial charge in [-0.05, 0) is 24.6 Å². The predicted molar refractivity (Wildman–Crippen MR) is 85.2 cm³/mol. The summed E-state index contributed by atoms with van der Waals surface area (Å²) in [5.74, 6) is 5.78. The van der Waals surface area contributed by atoms with E-state index in [9.17, 15) is 8.42 Å². The van der Waals surface area contributed by atoms with E-state index in [-0.39, 0.29) is 6.61 Å². The Balaban J connectivity index is 3.01. The van der Waals surface area contributed by atoms with E-state index < -0.39 is 10.2 Å². The largest absolute Gasteiger partial charge is 0.395 e. The third-order valence-electron chi connectivity index (χ3n) is 2.99. The zero-order valence-electron chi connectivity index (χ0n) is 12.7. The van der Waals surface area contributed by atoms with E-state index >= 15 is 0 Å². The Morgan fingerprint density at radius 2 is 1.95 bits per heavy atom. The molecule has 2 N–H and O–H groups in total. The summed E-state index contributed by atoms with van der Waals surface area (Å²) in [7, 11) is -3.54. The number of hydrogen-bond donors (Lipinski definition) is 2. The topological polar surface area (TPSA) is 69.6 Å². The maximum atomic E-state index is 12.2. The summed E-state index contributed by atoms with van der Waals surface area (Å²) in [4.78, 5) is 0. The maximum Gasteiger partial charge on any atom is 0.301 e. The van der Waals surface area contributed by atoms with Gasteiger partial charge in [-0.2, -0.15) is 12.7 Å². The summed E-state index contributed by atoms with van der Waals surface area (Å²) in [5, 5.41) is 8.74. The molecule has 0 bridgehead atoms. The van der Waals surface area contributed by atoms with Crippen LogP contribution >= 0.6 is 0 Å². The first-order valence-corrected chi connectivity index (χ1v) is 8.36. The molecule has 0 heterocycles. The van der Waals surface area contributed by atoms with Crippen molar-refractivity contribution in [3.05, 3.63) is 29.3 Å². The molecule has 0 spiro atoms. The molecule has 0 aliphatic rings. The SMILES string of the molecule is CCN(CC)S(=O)(=O)Nc1ccc(C)c(C#CCCO)c1. The molecule has 1 rings (SSSR count). The molecular weight excluding hydrogens is 288 g/mol. The lowest BCUT2D eigenvalue weighted by Gasteiger charge is -2.19. The van der Waals surface area contributed by atoms with E-state index in [0.717, 1.165) is 11.1 Å². The van der Waals surface area contributed by atoms with Crippen molar-refractivity contribution in [2.45, 2.75) is 27.2 Å². The van der Waals surface area contributed by atoms with Crippen LogP contribution in [0.3, 0.4) is 0 Å². The standard InChI is InChI=1S/C15H22N2O3S/c1-4-17(5-2)21(19,20)16-15-10-9-13(3)14(12-15)8-6-7-11-18/h9-10,12,16,18H,4-5,7,11H2,1-3H3. The van der Waals surface area contributed by atoms with Crippen LogP contribution in [0.2, 0.25) is 0 Å². The van der Waals surface area contributed by atoms with Crippen LogP contribution in [-0.4, -0.2) is 37.5 Å². The van der Waals surface area contributed by atoms with E-state index in [0.29, 0.717) is 25.2 Å². The van der Waals surface area contributed by atoms with Gasteiger partial charge in [0.15, 0.2) is 0 Å². The molecular formula is C15H22N2O3S. The zero-order valence-corrected chi connectivity index (χ0v) is 13.5. The molecule has 116 valence electrons. The van der Waals surface area contributed by atoms with Crippen molar-refractivity contribution in [2.75, 3.05) is 24.4 Å². The van der Waals surface area contributed by atoms with Gasteiger partial charge >= 0.3 is 10.2 Å². The Labute approximate surface area is 127 Å². The minimum absolute atomic E-state index is 0.0142. The van der Waals surface area contributed by atoms with Crippen LogP contribution in [0.4, 0.5) is 5.69 Å². The molecule has 1 aromatic rings. The Kier molecular flexibility index (Phi) is 6.69. The zero-order chi connectivity index (χ0) is 15.9. The summed E-state index contributed by atoms with van der Waals surface area (Å²) < 4.78 is 28.2. The summed E-state index contributed by atoms with van der Waals surface area (Å²) in [6, 6.07) is 5.25. The summed E-state index contributed by atoms with van der Waals surface area (Å²) in [5.41, 5.74) is 2.20.